The molecule has 4 nitrogen and oxygen atoms in total. The van der Waals surface area contributed by atoms with E-state index in [0.29, 0.717) is 5.69 Å². The minimum absolute atomic E-state index is 0.659. The van der Waals surface area contributed by atoms with Crippen LogP contribution in [0.25, 0.3) is 0 Å². The van der Waals surface area contributed by atoms with Gasteiger partial charge in [0.1, 0.15) is 5.82 Å². The Kier molecular flexibility index (Phi) is 2.15. The molecule has 0 atom stereocenters. The second-order valence-corrected chi connectivity index (χ2v) is 2.16. The van der Waals surface area contributed by atoms with Crippen LogP contribution in [0, 0.1) is 0 Å². The third-order valence-electron chi connectivity index (χ3n) is 1.46. The molecule has 60 valence electrons. The molecule has 0 spiro atoms. The van der Waals surface area contributed by atoms with Crippen LogP contribution in [0.3, 0.4) is 0 Å². The Labute approximate surface area is 65.8 Å². The molecular formula is C7H12N4. The fourth-order valence-corrected chi connectivity index (χ4v) is 0.819. The molecule has 4 N–H and O–H groups in total. The molecule has 0 aliphatic carbocycles. The monoisotopic (exact) mass is 152 g/mol. The summed E-state index contributed by atoms with van der Waals surface area (Å²) in [5, 5.41) is 5.89. The Morgan fingerprint density at radius 2 is 2.09 bits per heavy atom. The number of pyridine rings is 1. The minimum Gasteiger partial charge on any atom is -0.396 e. The van der Waals surface area contributed by atoms with Crippen LogP contribution in [0.5, 0.6) is 0 Å². The van der Waals surface area contributed by atoms with Crippen molar-refractivity contribution >= 4 is 17.2 Å². The quantitative estimate of drug-likeness (QED) is 0.585. The molecule has 4 heteroatoms. The number of anilines is 3. The first-order valence-corrected chi connectivity index (χ1v) is 3.39. The van der Waals surface area contributed by atoms with Crippen molar-refractivity contribution in [2.45, 2.75) is 0 Å². The summed E-state index contributed by atoms with van der Waals surface area (Å²) in [6.07, 6.45) is 1.62. The van der Waals surface area contributed by atoms with Gasteiger partial charge in [0.05, 0.1) is 17.6 Å². The summed E-state index contributed by atoms with van der Waals surface area (Å²) < 4.78 is 0. The largest absolute Gasteiger partial charge is 0.396 e. The molecule has 0 aliphatic rings. The smallest absolute Gasteiger partial charge is 0.127 e. The Morgan fingerprint density at radius 1 is 1.36 bits per heavy atom. The Hall–Kier alpha value is -1.45. The highest BCUT2D eigenvalue weighted by atomic mass is 15.0. The average Bonchev–Trinajstić information content (AvgIpc) is 2.05. The molecule has 0 amide bonds. The lowest BCUT2D eigenvalue weighted by Crippen LogP contribution is -1.99. The summed E-state index contributed by atoms with van der Waals surface area (Å²) in [4.78, 5) is 4.03. The molecule has 1 aromatic heterocycles. The van der Waals surface area contributed by atoms with E-state index in [1.54, 1.807) is 6.20 Å². The van der Waals surface area contributed by atoms with Gasteiger partial charge in [-0.2, -0.15) is 0 Å². The van der Waals surface area contributed by atoms with Crippen LogP contribution in [0.4, 0.5) is 17.2 Å². The van der Waals surface area contributed by atoms with E-state index in [9.17, 15) is 0 Å². The summed E-state index contributed by atoms with van der Waals surface area (Å²) in [5.41, 5.74) is 7.15. The van der Waals surface area contributed by atoms with Gasteiger partial charge in [0, 0.05) is 20.2 Å². The zero-order valence-corrected chi connectivity index (χ0v) is 6.68. The number of hydrogen-bond donors (Lipinski definition) is 3. The van der Waals surface area contributed by atoms with Gasteiger partial charge in [-0.3, -0.25) is 0 Å². The third kappa shape index (κ3) is 1.52. The highest BCUT2D eigenvalue weighted by molar-refractivity contribution is 5.68. The van der Waals surface area contributed by atoms with Crippen molar-refractivity contribution in [3.05, 3.63) is 12.3 Å². The molecule has 0 bridgehead atoms. The maximum Gasteiger partial charge on any atom is 0.127 e. The van der Waals surface area contributed by atoms with Gasteiger partial charge in [-0.05, 0) is 0 Å². The number of rotatable bonds is 2. The van der Waals surface area contributed by atoms with Crippen molar-refractivity contribution in [1.82, 2.24) is 4.98 Å². The lowest BCUT2D eigenvalue weighted by Gasteiger charge is -2.05. The number of aromatic nitrogens is 1. The highest BCUT2D eigenvalue weighted by Gasteiger charge is 1.97. The Morgan fingerprint density at radius 3 is 2.64 bits per heavy atom. The standard InChI is InChI=1S/C7H12N4/c1-9-6-3-7(10-2)11-4-5(6)8/h3-4H,8H2,1-2H3,(H2,9,10,11). The second-order valence-electron chi connectivity index (χ2n) is 2.16. The first-order chi connectivity index (χ1) is 5.27. The highest BCUT2D eigenvalue weighted by Crippen LogP contribution is 2.18. The third-order valence-corrected chi connectivity index (χ3v) is 1.46. The van der Waals surface area contributed by atoms with E-state index in [2.05, 4.69) is 15.6 Å². The first kappa shape index (κ1) is 7.65. The normalized spacial score (nSPS) is 9.27. The van der Waals surface area contributed by atoms with Gasteiger partial charge in [-0.25, -0.2) is 4.98 Å². The molecule has 0 radical (unpaired) electrons. The summed E-state index contributed by atoms with van der Waals surface area (Å²) >= 11 is 0. The Balaban J connectivity index is 3.02. The summed E-state index contributed by atoms with van der Waals surface area (Å²) in [6, 6.07) is 1.86. The lowest BCUT2D eigenvalue weighted by molar-refractivity contribution is 1.28. The zero-order valence-electron chi connectivity index (χ0n) is 6.68. The molecule has 0 saturated carbocycles. The second kappa shape index (κ2) is 3.09. The summed E-state index contributed by atoms with van der Waals surface area (Å²) in [7, 11) is 3.64. The Bertz CT molecular complexity index is 246. The average molecular weight is 152 g/mol. The SMILES string of the molecule is CNc1cc(NC)c(N)cn1. The van der Waals surface area contributed by atoms with Gasteiger partial charge >= 0.3 is 0 Å². The molecule has 0 aromatic carbocycles. The molecule has 0 unspecified atom stereocenters. The summed E-state index contributed by atoms with van der Waals surface area (Å²) in [6.45, 7) is 0. The van der Waals surface area contributed by atoms with E-state index in [0.717, 1.165) is 11.5 Å². The van der Waals surface area contributed by atoms with Gasteiger partial charge in [-0.1, -0.05) is 0 Å². The summed E-state index contributed by atoms with van der Waals surface area (Å²) in [5.74, 6) is 0.809. The van der Waals surface area contributed by atoms with Gasteiger partial charge in [-0.15, -0.1) is 0 Å². The van der Waals surface area contributed by atoms with Crippen molar-refractivity contribution < 1.29 is 0 Å². The van der Waals surface area contributed by atoms with Crippen LogP contribution in [0.15, 0.2) is 12.3 Å². The number of hydrogen-bond acceptors (Lipinski definition) is 4. The van der Waals surface area contributed by atoms with E-state index in [4.69, 9.17) is 5.73 Å². The molecule has 1 heterocycles. The molecule has 1 rings (SSSR count). The predicted octanol–water partition coefficient (Wildman–Crippen LogP) is 0.747. The lowest BCUT2D eigenvalue weighted by atomic mass is 10.3. The van der Waals surface area contributed by atoms with E-state index < -0.39 is 0 Å². The van der Waals surface area contributed by atoms with Crippen LogP contribution in [0.1, 0.15) is 0 Å². The fraction of sp³-hybridized carbons (Fsp3) is 0.286. The van der Waals surface area contributed by atoms with Crippen molar-refractivity contribution in [2.24, 2.45) is 0 Å². The van der Waals surface area contributed by atoms with Gasteiger partial charge in [0.15, 0.2) is 0 Å². The van der Waals surface area contributed by atoms with Crippen molar-refractivity contribution in [3.8, 4) is 0 Å². The number of nitrogen functional groups attached to an aromatic ring is 1. The fourth-order valence-electron chi connectivity index (χ4n) is 0.819. The van der Waals surface area contributed by atoms with Crippen LogP contribution >= 0.6 is 0 Å². The number of nitrogens with two attached hydrogens (primary N) is 1. The van der Waals surface area contributed by atoms with E-state index in [1.165, 1.54) is 0 Å². The maximum atomic E-state index is 5.60. The predicted molar refractivity (Wildman–Crippen MR) is 47.7 cm³/mol. The molecule has 1 aromatic rings. The van der Waals surface area contributed by atoms with Crippen molar-refractivity contribution in [3.63, 3.8) is 0 Å². The molecule has 0 fully saturated rings. The minimum atomic E-state index is 0.659. The van der Waals surface area contributed by atoms with Gasteiger partial charge < -0.3 is 16.4 Å². The van der Waals surface area contributed by atoms with Crippen LogP contribution < -0.4 is 16.4 Å². The topological polar surface area (TPSA) is 63.0 Å². The van der Waals surface area contributed by atoms with Crippen LogP contribution in [0.2, 0.25) is 0 Å². The van der Waals surface area contributed by atoms with E-state index >= 15 is 0 Å². The molecule has 11 heavy (non-hydrogen) atoms. The van der Waals surface area contributed by atoms with Crippen LogP contribution in [-0.4, -0.2) is 19.1 Å². The van der Waals surface area contributed by atoms with Crippen molar-refractivity contribution in [2.75, 3.05) is 30.5 Å². The number of nitrogens with one attached hydrogen (secondary N) is 2. The van der Waals surface area contributed by atoms with Gasteiger partial charge in [0.25, 0.3) is 0 Å². The molecule has 0 aliphatic heterocycles. The van der Waals surface area contributed by atoms with Crippen LogP contribution in [-0.2, 0) is 0 Å². The van der Waals surface area contributed by atoms with E-state index in [1.807, 2.05) is 20.2 Å². The zero-order chi connectivity index (χ0) is 8.27. The maximum absolute atomic E-state index is 5.60. The first-order valence-electron chi connectivity index (χ1n) is 3.39. The van der Waals surface area contributed by atoms with E-state index in [-0.39, 0.29) is 0 Å². The molecular weight excluding hydrogens is 140 g/mol. The van der Waals surface area contributed by atoms with Crippen molar-refractivity contribution in [1.29, 1.82) is 0 Å². The molecule has 0 saturated heterocycles. The number of nitrogens with zero attached hydrogens (tertiary/aromatic N) is 1. The van der Waals surface area contributed by atoms with Gasteiger partial charge in [0.2, 0.25) is 0 Å².